The van der Waals surface area contributed by atoms with Crippen LogP contribution in [0.2, 0.25) is 0 Å². The third kappa shape index (κ3) is 4.42. The van der Waals surface area contributed by atoms with Crippen LogP contribution in [0.3, 0.4) is 0 Å². The zero-order chi connectivity index (χ0) is 17.6. The molecule has 2 aromatic rings. The van der Waals surface area contributed by atoms with Gasteiger partial charge >= 0.3 is 0 Å². The normalized spacial score (nSPS) is 18.4. The SMILES string of the molecule is C[C@@H]1CCCCN1CCCNC(=O)Cn1nnc2ccccc2c1=O. The highest BCUT2D eigenvalue weighted by Gasteiger charge is 2.17. The number of carbonyl (C=O) groups is 1. The average Bonchev–Trinajstić information content (AvgIpc) is 2.63. The molecular weight excluding hydrogens is 318 g/mol. The fraction of sp³-hybridized carbons (Fsp3) is 0.556. The lowest BCUT2D eigenvalue weighted by molar-refractivity contribution is -0.121. The largest absolute Gasteiger partial charge is 0.354 e. The first kappa shape index (κ1) is 17.5. The lowest BCUT2D eigenvalue weighted by Crippen LogP contribution is -2.40. The van der Waals surface area contributed by atoms with Crippen LogP contribution in [-0.4, -0.2) is 51.5 Å². The number of nitrogens with zero attached hydrogens (tertiary/aromatic N) is 4. The number of hydrogen-bond acceptors (Lipinski definition) is 5. The molecule has 1 aliphatic heterocycles. The molecule has 3 rings (SSSR count). The van der Waals surface area contributed by atoms with Crippen molar-refractivity contribution in [2.45, 2.75) is 45.2 Å². The molecule has 0 bridgehead atoms. The van der Waals surface area contributed by atoms with Gasteiger partial charge < -0.3 is 10.2 Å². The van der Waals surface area contributed by atoms with Crippen LogP contribution in [0, 0.1) is 0 Å². The molecule has 0 saturated carbocycles. The Balaban J connectivity index is 1.48. The summed E-state index contributed by atoms with van der Waals surface area (Å²) in [5, 5.41) is 11.2. The van der Waals surface area contributed by atoms with E-state index in [0.29, 0.717) is 23.5 Å². The third-order valence-electron chi connectivity index (χ3n) is 4.81. The Kier molecular flexibility index (Phi) is 5.75. The summed E-state index contributed by atoms with van der Waals surface area (Å²) in [4.78, 5) is 26.9. The summed E-state index contributed by atoms with van der Waals surface area (Å²) in [5.74, 6) is -0.210. The molecule has 7 nitrogen and oxygen atoms in total. The summed E-state index contributed by atoms with van der Waals surface area (Å²) in [7, 11) is 0. The lowest BCUT2D eigenvalue weighted by atomic mass is 10.0. The first-order valence-corrected chi connectivity index (χ1v) is 8.98. The lowest BCUT2D eigenvalue weighted by Gasteiger charge is -2.33. The number of benzene rings is 1. The van der Waals surface area contributed by atoms with Crippen molar-refractivity contribution in [1.82, 2.24) is 25.2 Å². The highest BCUT2D eigenvalue weighted by atomic mass is 16.2. The molecule has 1 aromatic carbocycles. The van der Waals surface area contributed by atoms with Gasteiger partial charge in [-0.25, -0.2) is 4.68 Å². The monoisotopic (exact) mass is 343 g/mol. The van der Waals surface area contributed by atoms with E-state index < -0.39 is 0 Å². The second kappa shape index (κ2) is 8.20. The van der Waals surface area contributed by atoms with E-state index in [0.717, 1.165) is 24.2 Å². The van der Waals surface area contributed by atoms with Gasteiger partial charge in [0.15, 0.2) is 0 Å². The molecule has 1 aliphatic rings. The van der Waals surface area contributed by atoms with Crippen LogP contribution < -0.4 is 10.9 Å². The maximum absolute atomic E-state index is 12.3. The molecule has 1 atom stereocenters. The van der Waals surface area contributed by atoms with Crippen LogP contribution >= 0.6 is 0 Å². The molecular formula is C18H25N5O2. The molecule has 2 heterocycles. The molecule has 1 saturated heterocycles. The molecule has 0 aliphatic carbocycles. The van der Waals surface area contributed by atoms with Gasteiger partial charge in [0.2, 0.25) is 5.91 Å². The van der Waals surface area contributed by atoms with Gasteiger partial charge in [0, 0.05) is 19.1 Å². The summed E-state index contributed by atoms with van der Waals surface area (Å²) in [5.41, 5.74) is 0.253. The van der Waals surface area contributed by atoms with Crippen molar-refractivity contribution < 1.29 is 4.79 Å². The molecule has 25 heavy (non-hydrogen) atoms. The summed E-state index contributed by atoms with van der Waals surface area (Å²) in [6, 6.07) is 7.64. The predicted octanol–water partition coefficient (Wildman–Crippen LogP) is 1.17. The van der Waals surface area contributed by atoms with Gasteiger partial charge in [-0.3, -0.25) is 9.59 Å². The summed E-state index contributed by atoms with van der Waals surface area (Å²) < 4.78 is 1.12. The molecule has 0 spiro atoms. The van der Waals surface area contributed by atoms with Gasteiger partial charge in [-0.1, -0.05) is 23.8 Å². The Morgan fingerprint density at radius 1 is 1.32 bits per heavy atom. The number of aromatic nitrogens is 3. The highest BCUT2D eigenvalue weighted by molar-refractivity contribution is 5.78. The van der Waals surface area contributed by atoms with Crippen molar-refractivity contribution in [2.75, 3.05) is 19.6 Å². The van der Waals surface area contributed by atoms with E-state index in [1.54, 1.807) is 24.3 Å². The number of nitrogens with one attached hydrogen (secondary N) is 1. The molecule has 0 unspecified atom stereocenters. The maximum atomic E-state index is 12.3. The number of piperidine rings is 1. The van der Waals surface area contributed by atoms with Crippen molar-refractivity contribution >= 4 is 16.8 Å². The highest BCUT2D eigenvalue weighted by Crippen LogP contribution is 2.16. The molecule has 1 amide bonds. The molecule has 134 valence electrons. The van der Waals surface area contributed by atoms with E-state index in [-0.39, 0.29) is 18.0 Å². The van der Waals surface area contributed by atoms with Crippen LogP contribution in [0.4, 0.5) is 0 Å². The van der Waals surface area contributed by atoms with Crippen LogP contribution in [0.25, 0.3) is 10.9 Å². The third-order valence-corrected chi connectivity index (χ3v) is 4.81. The Morgan fingerprint density at radius 3 is 3.00 bits per heavy atom. The van der Waals surface area contributed by atoms with E-state index >= 15 is 0 Å². The number of amides is 1. The Bertz CT molecular complexity index is 788. The summed E-state index contributed by atoms with van der Waals surface area (Å²) in [6.07, 6.45) is 4.75. The molecule has 1 N–H and O–H groups in total. The smallest absolute Gasteiger partial charge is 0.278 e. The standard InChI is InChI=1S/C18H25N5O2/c1-14-7-4-5-11-22(14)12-6-10-19-17(24)13-23-18(25)15-8-2-3-9-16(15)20-21-23/h2-3,8-9,14H,4-7,10-13H2,1H3,(H,19,24)/t14-/m1/s1. The van der Waals surface area contributed by atoms with Gasteiger partial charge in [-0.05, 0) is 44.9 Å². The van der Waals surface area contributed by atoms with Crippen LogP contribution in [-0.2, 0) is 11.3 Å². The quantitative estimate of drug-likeness (QED) is 0.797. The minimum absolute atomic E-state index is 0.100. The average molecular weight is 343 g/mol. The second-order valence-corrected chi connectivity index (χ2v) is 6.65. The van der Waals surface area contributed by atoms with Crippen LogP contribution in [0.1, 0.15) is 32.6 Å². The second-order valence-electron chi connectivity index (χ2n) is 6.65. The van der Waals surface area contributed by atoms with E-state index in [4.69, 9.17) is 0 Å². The van der Waals surface area contributed by atoms with Crippen molar-refractivity contribution in [3.05, 3.63) is 34.6 Å². The van der Waals surface area contributed by atoms with Crippen molar-refractivity contribution in [3.63, 3.8) is 0 Å². The Hall–Kier alpha value is -2.28. The first-order valence-electron chi connectivity index (χ1n) is 8.98. The topological polar surface area (TPSA) is 80.1 Å². The number of rotatable bonds is 6. The number of fused-ring (bicyclic) bond motifs is 1. The van der Waals surface area contributed by atoms with E-state index in [1.165, 1.54) is 19.3 Å². The zero-order valence-corrected chi connectivity index (χ0v) is 14.6. The van der Waals surface area contributed by atoms with Crippen molar-refractivity contribution in [1.29, 1.82) is 0 Å². The van der Waals surface area contributed by atoms with E-state index in [1.807, 2.05) is 0 Å². The number of hydrogen-bond donors (Lipinski definition) is 1. The molecule has 0 radical (unpaired) electrons. The van der Waals surface area contributed by atoms with Gasteiger partial charge in [-0.2, -0.15) is 0 Å². The first-order chi connectivity index (χ1) is 12.1. The van der Waals surface area contributed by atoms with Crippen molar-refractivity contribution in [3.8, 4) is 0 Å². The summed E-state index contributed by atoms with van der Waals surface area (Å²) in [6.45, 7) is 4.92. The van der Waals surface area contributed by atoms with Crippen LogP contribution in [0.15, 0.2) is 29.1 Å². The fourth-order valence-corrected chi connectivity index (χ4v) is 3.32. The van der Waals surface area contributed by atoms with E-state index in [2.05, 4.69) is 27.5 Å². The zero-order valence-electron chi connectivity index (χ0n) is 14.6. The number of carbonyl (C=O) groups excluding carboxylic acids is 1. The molecule has 1 aromatic heterocycles. The van der Waals surface area contributed by atoms with Crippen molar-refractivity contribution in [2.24, 2.45) is 0 Å². The predicted molar refractivity (Wildman–Crippen MR) is 96.3 cm³/mol. The Morgan fingerprint density at radius 2 is 2.16 bits per heavy atom. The van der Waals surface area contributed by atoms with Gasteiger partial charge in [-0.15, -0.1) is 5.10 Å². The Labute approximate surface area is 147 Å². The maximum Gasteiger partial charge on any atom is 0.278 e. The van der Waals surface area contributed by atoms with Crippen LogP contribution in [0.5, 0.6) is 0 Å². The minimum Gasteiger partial charge on any atom is -0.354 e. The minimum atomic E-state index is -0.289. The van der Waals surface area contributed by atoms with Gasteiger partial charge in [0.25, 0.3) is 5.56 Å². The summed E-state index contributed by atoms with van der Waals surface area (Å²) >= 11 is 0. The van der Waals surface area contributed by atoms with Gasteiger partial charge in [0.1, 0.15) is 12.1 Å². The molecule has 7 heteroatoms. The number of likely N-dealkylation sites (tertiary alicyclic amines) is 1. The van der Waals surface area contributed by atoms with E-state index in [9.17, 15) is 9.59 Å². The van der Waals surface area contributed by atoms with Gasteiger partial charge in [0.05, 0.1) is 5.39 Å². The fourth-order valence-electron chi connectivity index (χ4n) is 3.32. The molecule has 1 fully saturated rings.